The van der Waals surface area contributed by atoms with Gasteiger partial charge in [-0.2, -0.15) is 0 Å². The van der Waals surface area contributed by atoms with Crippen molar-refractivity contribution in [1.29, 1.82) is 0 Å². The van der Waals surface area contributed by atoms with Gasteiger partial charge in [-0.25, -0.2) is 0 Å². The minimum Gasteiger partial charge on any atom is -0.319 e. The number of nitrogens with zero attached hydrogens (tertiary/aromatic N) is 2. The summed E-state index contributed by atoms with van der Waals surface area (Å²) in [5, 5.41) is 7.71. The quantitative estimate of drug-likeness (QED) is 0.216. The molecular formula is C28H16Cl2N4O2S2. The fraction of sp³-hybridized carbons (Fsp3) is 0. The topological polar surface area (TPSA) is 84.0 Å². The second kappa shape index (κ2) is 10.2. The van der Waals surface area contributed by atoms with E-state index in [4.69, 9.17) is 23.2 Å². The number of carbonyl (C=O) groups excluding carboxylic acids is 2. The maximum atomic E-state index is 13.5. The van der Waals surface area contributed by atoms with Crippen molar-refractivity contribution < 1.29 is 9.59 Å². The van der Waals surface area contributed by atoms with Crippen LogP contribution in [0, 0.1) is 0 Å². The number of thiophene rings is 2. The summed E-state index contributed by atoms with van der Waals surface area (Å²) in [7, 11) is 0. The molecule has 0 atom stereocenters. The van der Waals surface area contributed by atoms with Crippen LogP contribution in [0.3, 0.4) is 0 Å². The summed E-state index contributed by atoms with van der Waals surface area (Å²) in [4.78, 5) is 36.5. The Kier molecular flexibility index (Phi) is 6.55. The largest absolute Gasteiger partial charge is 0.319 e. The lowest BCUT2D eigenvalue weighted by Gasteiger charge is -2.10. The molecule has 0 saturated carbocycles. The molecule has 0 spiro atoms. The highest BCUT2D eigenvalue weighted by Crippen LogP contribution is 2.41. The molecule has 0 radical (unpaired) electrons. The Morgan fingerprint density at radius 3 is 1.50 bits per heavy atom. The van der Waals surface area contributed by atoms with Crippen LogP contribution in [0.4, 0.5) is 11.4 Å². The number of hydrogen-bond acceptors (Lipinski definition) is 6. The van der Waals surface area contributed by atoms with Crippen molar-refractivity contribution in [2.24, 2.45) is 0 Å². The summed E-state index contributed by atoms with van der Waals surface area (Å²) in [6.45, 7) is 0. The standard InChI is InChI=1S/C28H16Cl2N4O2S2/c29-21-13-17(25(37-21)27(35)33-19-9-1-5-15-7-3-11-31-23(15)19)18-14-22(30)38-26(18)28(36)34-20-10-2-6-16-8-4-12-32-24(16)20/h1-14H,(H,33,35)(H,34,36). The van der Waals surface area contributed by atoms with E-state index in [9.17, 15) is 9.59 Å². The van der Waals surface area contributed by atoms with E-state index in [0.29, 0.717) is 52.0 Å². The van der Waals surface area contributed by atoms with Crippen LogP contribution in [0.5, 0.6) is 0 Å². The summed E-state index contributed by atoms with van der Waals surface area (Å²) in [5.74, 6) is -0.719. The number of fused-ring (bicyclic) bond motifs is 2. The maximum Gasteiger partial charge on any atom is 0.266 e. The Labute approximate surface area is 234 Å². The third-order valence-corrected chi connectivity index (χ3v) is 8.39. The molecule has 0 unspecified atom stereocenters. The monoisotopic (exact) mass is 574 g/mol. The van der Waals surface area contributed by atoms with Crippen molar-refractivity contribution in [3.8, 4) is 11.1 Å². The van der Waals surface area contributed by atoms with Gasteiger partial charge >= 0.3 is 0 Å². The Bertz CT molecular complexity index is 1720. The zero-order chi connectivity index (χ0) is 26.2. The second-order valence-corrected chi connectivity index (χ2v) is 11.6. The van der Waals surface area contributed by atoms with E-state index in [0.717, 1.165) is 33.4 Å². The fourth-order valence-electron chi connectivity index (χ4n) is 4.23. The van der Waals surface area contributed by atoms with Gasteiger partial charge in [-0.05, 0) is 36.4 Å². The van der Waals surface area contributed by atoms with Crippen molar-refractivity contribution in [2.75, 3.05) is 10.6 Å². The van der Waals surface area contributed by atoms with Gasteiger partial charge in [0.2, 0.25) is 0 Å². The van der Waals surface area contributed by atoms with Crippen LogP contribution in [-0.2, 0) is 0 Å². The third-order valence-electron chi connectivity index (χ3n) is 5.87. The second-order valence-electron chi connectivity index (χ2n) is 8.26. The third kappa shape index (κ3) is 4.63. The normalized spacial score (nSPS) is 11.1. The van der Waals surface area contributed by atoms with Crippen molar-refractivity contribution in [3.63, 3.8) is 0 Å². The van der Waals surface area contributed by atoms with Crippen LogP contribution in [0.25, 0.3) is 32.9 Å². The first kappa shape index (κ1) is 24.5. The predicted octanol–water partition coefficient (Wildman–Crippen LogP) is 8.38. The smallest absolute Gasteiger partial charge is 0.266 e. The van der Waals surface area contributed by atoms with Gasteiger partial charge in [-0.3, -0.25) is 19.6 Å². The lowest BCUT2D eigenvalue weighted by Crippen LogP contribution is -2.14. The van der Waals surface area contributed by atoms with Crippen molar-refractivity contribution in [2.45, 2.75) is 0 Å². The SMILES string of the molecule is O=C(Nc1cccc2cccnc12)c1sc(Cl)cc1-c1cc(Cl)sc1C(=O)Nc1cccc2cccnc12. The molecule has 2 aromatic carbocycles. The van der Waals surface area contributed by atoms with Gasteiger partial charge in [-0.1, -0.05) is 59.6 Å². The highest BCUT2D eigenvalue weighted by molar-refractivity contribution is 7.19. The number of pyridine rings is 2. The lowest BCUT2D eigenvalue weighted by atomic mass is 10.1. The van der Waals surface area contributed by atoms with Crippen LogP contribution in [0.15, 0.2) is 85.2 Å². The molecule has 0 aliphatic carbocycles. The number of hydrogen-bond donors (Lipinski definition) is 2. The predicted molar refractivity (Wildman–Crippen MR) is 157 cm³/mol. The van der Waals surface area contributed by atoms with E-state index in [1.165, 1.54) is 0 Å². The maximum absolute atomic E-state index is 13.5. The van der Waals surface area contributed by atoms with E-state index in [-0.39, 0.29) is 11.8 Å². The van der Waals surface area contributed by atoms with Crippen LogP contribution in [-0.4, -0.2) is 21.8 Å². The Morgan fingerprint density at radius 1 is 0.632 bits per heavy atom. The fourth-order valence-corrected chi connectivity index (χ4v) is 6.50. The molecule has 4 aromatic heterocycles. The van der Waals surface area contributed by atoms with Gasteiger partial charge in [0.25, 0.3) is 11.8 Å². The highest BCUT2D eigenvalue weighted by Gasteiger charge is 2.25. The molecular weight excluding hydrogens is 559 g/mol. The summed E-state index contributed by atoms with van der Waals surface area (Å²) in [6.07, 6.45) is 3.35. The van der Waals surface area contributed by atoms with Crippen LogP contribution in [0.2, 0.25) is 8.67 Å². The van der Waals surface area contributed by atoms with E-state index < -0.39 is 0 Å². The molecule has 10 heteroatoms. The first-order valence-electron chi connectivity index (χ1n) is 11.4. The number of aromatic nitrogens is 2. The Balaban J connectivity index is 1.35. The highest BCUT2D eigenvalue weighted by atomic mass is 35.5. The van der Waals surface area contributed by atoms with Crippen molar-refractivity contribution in [3.05, 3.63) is 104 Å². The van der Waals surface area contributed by atoms with E-state index in [2.05, 4.69) is 20.6 Å². The van der Waals surface area contributed by atoms with E-state index >= 15 is 0 Å². The van der Waals surface area contributed by atoms with E-state index in [1.54, 1.807) is 36.7 Å². The van der Waals surface area contributed by atoms with Gasteiger partial charge < -0.3 is 10.6 Å². The van der Waals surface area contributed by atoms with Crippen molar-refractivity contribution in [1.82, 2.24) is 9.97 Å². The molecule has 186 valence electrons. The zero-order valence-electron chi connectivity index (χ0n) is 19.4. The average molecular weight is 576 g/mol. The molecule has 0 fully saturated rings. The summed E-state index contributed by atoms with van der Waals surface area (Å²) >= 11 is 15.0. The van der Waals surface area contributed by atoms with Crippen LogP contribution in [0.1, 0.15) is 19.3 Å². The minimum atomic E-state index is -0.359. The lowest BCUT2D eigenvalue weighted by molar-refractivity contribution is 0.102. The van der Waals surface area contributed by atoms with Crippen molar-refractivity contribution >= 4 is 90.9 Å². The molecule has 2 amide bonds. The molecule has 6 rings (SSSR count). The molecule has 0 aliphatic rings. The molecule has 6 aromatic rings. The molecule has 6 nitrogen and oxygen atoms in total. The number of halogens is 2. The molecule has 0 aliphatic heterocycles. The van der Waals surface area contributed by atoms with Crippen LogP contribution < -0.4 is 10.6 Å². The molecule has 0 bridgehead atoms. The molecule has 38 heavy (non-hydrogen) atoms. The number of anilines is 2. The van der Waals surface area contributed by atoms with Gasteiger partial charge in [0.1, 0.15) is 9.75 Å². The molecule has 0 saturated heterocycles. The number of amides is 2. The number of para-hydroxylation sites is 2. The zero-order valence-corrected chi connectivity index (χ0v) is 22.5. The number of benzene rings is 2. The molecule has 2 N–H and O–H groups in total. The summed E-state index contributed by atoms with van der Waals surface area (Å²) < 4.78 is 0.821. The summed E-state index contributed by atoms with van der Waals surface area (Å²) in [5.41, 5.74) is 3.55. The number of rotatable bonds is 5. The number of carbonyl (C=O) groups is 2. The van der Waals surface area contributed by atoms with Gasteiger partial charge in [-0.15, -0.1) is 22.7 Å². The average Bonchev–Trinajstić information content (AvgIpc) is 3.51. The first-order chi connectivity index (χ1) is 18.5. The minimum absolute atomic E-state index is 0.359. The summed E-state index contributed by atoms with van der Waals surface area (Å²) in [6, 6.07) is 22.0. The number of nitrogens with one attached hydrogen (secondary N) is 2. The van der Waals surface area contributed by atoms with Gasteiger partial charge in [0, 0.05) is 34.3 Å². The van der Waals surface area contributed by atoms with Gasteiger partial charge in [0.15, 0.2) is 0 Å². The first-order valence-corrected chi connectivity index (χ1v) is 13.8. The van der Waals surface area contributed by atoms with E-state index in [1.807, 2.05) is 48.5 Å². The Morgan fingerprint density at radius 2 is 1.05 bits per heavy atom. The molecule has 4 heterocycles. The Hall–Kier alpha value is -3.82. The van der Waals surface area contributed by atoms with Crippen LogP contribution >= 0.6 is 45.9 Å². The van der Waals surface area contributed by atoms with Gasteiger partial charge in [0.05, 0.1) is 31.1 Å².